The number of ether oxygens (including phenoxy) is 1. The summed E-state index contributed by atoms with van der Waals surface area (Å²) in [5.41, 5.74) is -0.456. The first-order valence-corrected chi connectivity index (χ1v) is 7.65. The third-order valence-electron chi connectivity index (χ3n) is 2.49. The minimum Gasteiger partial charge on any atom is -0.460 e. The zero-order valence-electron chi connectivity index (χ0n) is 10.7. The number of carbonyl (C=O) groups excluding carboxylic acids is 1. The van der Waals surface area contributed by atoms with Crippen molar-refractivity contribution in [1.82, 2.24) is 4.90 Å². The van der Waals surface area contributed by atoms with Gasteiger partial charge in [0, 0.05) is 19.6 Å². The molecule has 1 aliphatic heterocycles. The highest BCUT2D eigenvalue weighted by atomic mass is 32.2. The van der Waals surface area contributed by atoms with Crippen LogP contribution >= 0.6 is 0 Å². The smallest absolute Gasteiger partial charge is 0.307 e. The van der Waals surface area contributed by atoms with E-state index in [2.05, 4.69) is 0 Å². The lowest BCUT2D eigenvalue weighted by atomic mass is 10.2. The van der Waals surface area contributed by atoms with E-state index in [-0.39, 0.29) is 17.5 Å². The van der Waals surface area contributed by atoms with E-state index in [0.717, 1.165) is 0 Å². The average molecular weight is 263 g/mol. The molecule has 6 heteroatoms. The normalized spacial score (nSPS) is 21.1. The number of esters is 1. The molecule has 1 fully saturated rings. The summed E-state index contributed by atoms with van der Waals surface area (Å²) >= 11 is 0. The minimum atomic E-state index is -2.84. The summed E-state index contributed by atoms with van der Waals surface area (Å²) in [5.74, 6) is 0.161. The molecule has 1 aliphatic rings. The first-order chi connectivity index (χ1) is 7.68. The maximum atomic E-state index is 11.5. The van der Waals surface area contributed by atoms with Crippen molar-refractivity contribution in [3.63, 3.8) is 0 Å². The van der Waals surface area contributed by atoms with Crippen molar-refractivity contribution in [2.24, 2.45) is 0 Å². The Labute approximate surface area is 103 Å². The van der Waals surface area contributed by atoms with Gasteiger partial charge in [-0.3, -0.25) is 4.79 Å². The molecule has 17 heavy (non-hydrogen) atoms. The second kappa shape index (κ2) is 5.35. The van der Waals surface area contributed by atoms with Crippen LogP contribution in [-0.2, 0) is 19.4 Å². The van der Waals surface area contributed by atoms with Crippen molar-refractivity contribution in [3.05, 3.63) is 0 Å². The van der Waals surface area contributed by atoms with Crippen molar-refractivity contribution in [3.8, 4) is 0 Å². The Hall–Kier alpha value is -0.620. The van der Waals surface area contributed by atoms with Gasteiger partial charge in [-0.15, -0.1) is 0 Å². The van der Waals surface area contributed by atoms with Crippen LogP contribution in [0.2, 0.25) is 0 Å². The highest BCUT2D eigenvalue weighted by molar-refractivity contribution is 7.91. The highest BCUT2D eigenvalue weighted by Crippen LogP contribution is 2.09. The fourth-order valence-electron chi connectivity index (χ4n) is 1.62. The van der Waals surface area contributed by atoms with Crippen molar-refractivity contribution < 1.29 is 17.9 Å². The van der Waals surface area contributed by atoms with Crippen LogP contribution in [-0.4, -0.2) is 56.0 Å². The van der Waals surface area contributed by atoms with E-state index >= 15 is 0 Å². The quantitative estimate of drug-likeness (QED) is 0.692. The van der Waals surface area contributed by atoms with E-state index in [1.807, 2.05) is 25.7 Å². The van der Waals surface area contributed by atoms with E-state index in [1.165, 1.54) is 0 Å². The van der Waals surface area contributed by atoms with Gasteiger partial charge in [-0.2, -0.15) is 0 Å². The van der Waals surface area contributed by atoms with Crippen molar-refractivity contribution in [2.75, 3.05) is 31.1 Å². The lowest BCUT2D eigenvalue weighted by Crippen LogP contribution is -2.41. The van der Waals surface area contributed by atoms with Crippen molar-refractivity contribution >= 4 is 15.8 Å². The summed E-state index contributed by atoms with van der Waals surface area (Å²) in [5, 5.41) is 0. The summed E-state index contributed by atoms with van der Waals surface area (Å²) in [4.78, 5) is 13.5. The van der Waals surface area contributed by atoms with Gasteiger partial charge in [-0.05, 0) is 20.8 Å². The molecule has 5 nitrogen and oxygen atoms in total. The molecule has 0 unspecified atom stereocenters. The van der Waals surface area contributed by atoms with Gasteiger partial charge in [0.1, 0.15) is 5.60 Å². The largest absolute Gasteiger partial charge is 0.460 e. The molecule has 0 aliphatic carbocycles. The molecule has 100 valence electrons. The lowest BCUT2D eigenvalue weighted by Gasteiger charge is -2.26. The lowest BCUT2D eigenvalue weighted by molar-refractivity contribution is -0.155. The average Bonchev–Trinajstić information content (AvgIpc) is 2.13. The molecule has 1 saturated heterocycles. The summed E-state index contributed by atoms with van der Waals surface area (Å²) < 4.78 is 27.6. The van der Waals surface area contributed by atoms with Gasteiger partial charge < -0.3 is 9.64 Å². The third kappa shape index (κ3) is 6.02. The molecule has 0 bridgehead atoms. The maximum absolute atomic E-state index is 11.5. The number of hydrogen-bond donors (Lipinski definition) is 0. The molecule has 0 amide bonds. The zero-order valence-corrected chi connectivity index (χ0v) is 11.5. The van der Waals surface area contributed by atoms with Crippen LogP contribution in [0, 0.1) is 0 Å². The summed E-state index contributed by atoms with van der Waals surface area (Å²) in [6, 6.07) is 0. The van der Waals surface area contributed by atoms with Gasteiger partial charge in [0.15, 0.2) is 9.84 Å². The summed E-state index contributed by atoms with van der Waals surface area (Å²) in [6.07, 6.45) is 0.317. The van der Waals surface area contributed by atoms with Gasteiger partial charge >= 0.3 is 5.97 Å². The molecule has 0 aromatic heterocycles. The zero-order chi connectivity index (χ0) is 13.1. The first kappa shape index (κ1) is 14.4. The second-order valence-corrected chi connectivity index (χ2v) is 7.63. The van der Waals surface area contributed by atoms with Crippen LogP contribution in [0.4, 0.5) is 0 Å². The van der Waals surface area contributed by atoms with Gasteiger partial charge in [0.2, 0.25) is 0 Å². The number of sulfone groups is 1. The fourth-order valence-corrected chi connectivity index (χ4v) is 2.89. The van der Waals surface area contributed by atoms with E-state index in [4.69, 9.17) is 4.74 Å². The fraction of sp³-hybridized carbons (Fsp3) is 0.909. The standard InChI is InChI=1S/C11H21NO4S/c1-11(2,3)16-10(13)4-5-12-6-8-17(14,15)9-7-12/h4-9H2,1-3H3. The number of rotatable bonds is 3. The molecule has 0 atom stereocenters. The Bertz CT molecular complexity index is 355. The van der Waals surface area contributed by atoms with Gasteiger partial charge in [0.05, 0.1) is 17.9 Å². The first-order valence-electron chi connectivity index (χ1n) is 5.83. The molecule has 0 aromatic rings. The van der Waals surface area contributed by atoms with Crippen LogP contribution in [0.1, 0.15) is 27.2 Å². The molecule has 0 N–H and O–H groups in total. The minimum absolute atomic E-state index is 0.196. The Kier molecular flexibility index (Phi) is 4.55. The van der Waals surface area contributed by atoms with Gasteiger partial charge in [0.25, 0.3) is 0 Å². The predicted molar refractivity (Wildman–Crippen MR) is 65.6 cm³/mol. The Morgan fingerprint density at radius 2 is 1.76 bits per heavy atom. The Morgan fingerprint density at radius 1 is 1.24 bits per heavy atom. The van der Waals surface area contributed by atoms with Gasteiger partial charge in [-0.1, -0.05) is 0 Å². The molecule has 0 spiro atoms. The molecule has 1 heterocycles. The van der Waals surface area contributed by atoms with E-state index in [1.54, 1.807) is 0 Å². The number of carbonyl (C=O) groups is 1. The molecular formula is C11H21NO4S. The maximum Gasteiger partial charge on any atom is 0.307 e. The van der Waals surface area contributed by atoms with Crippen LogP contribution in [0.25, 0.3) is 0 Å². The molecule has 0 radical (unpaired) electrons. The highest BCUT2D eigenvalue weighted by Gasteiger charge is 2.22. The van der Waals surface area contributed by atoms with Crippen LogP contribution in [0.15, 0.2) is 0 Å². The van der Waals surface area contributed by atoms with Crippen LogP contribution in [0.3, 0.4) is 0 Å². The Balaban J connectivity index is 2.26. The Morgan fingerprint density at radius 3 is 2.24 bits per heavy atom. The van der Waals surface area contributed by atoms with E-state index < -0.39 is 15.4 Å². The number of nitrogens with zero attached hydrogens (tertiary/aromatic N) is 1. The summed E-state index contributed by atoms with van der Waals surface area (Å²) in [6.45, 7) is 7.11. The van der Waals surface area contributed by atoms with Crippen LogP contribution < -0.4 is 0 Å². The summed E-state index contributed by atoms with van der Waals surface area (Å²) in [7, 11) is -2.84. The molecule has 0 aromatic carbocycles. The third-order valence-corrected chi connectivity index (χ3v) is 4.10. The second-order valence-electron chi connectivity index (χ2n) is 5.33. The van der Waals surface area contributed by atoms with E-state index in [9.17, 15) is 13.2 Å². The van der Waals surface area contributed by atoms with Crippen molar-refractivity contribution in [2.45, 2.75) is 32.8 Å². The molecular weight excluding hydrogens is 242 g/mol. The predicted octanol–water partition coefficient (Wildman–Crippen LogP) is 0.449. The number of hydrogen-bond acceptors (Lipinski definition) is 5. The van der Waals surface area contributed by atoms with Crippen molar-refractivity contribution in [1.29, 1.82) is 0 Å². The SMILES string of the molecule is CC(C)(C)OC(=O)CCN1CCS(=O)(=O)CC1. The molecule has 1 rings (SSSR count). The topological polar surface area (TPSA) is 63.7 Å². The van der Waals surface area contributed by atoms with E-state index in [0.29, 0.717) is 26.1 Å². The monoisotopic (exact) mass is 263 g/mol. The van der Waals surface area contributed by atoms with Crippen LogP contribution in [0.5, 0.6) is 0 Å². The van der Waals surface area contributed by atoms with Gasteiger partial charge in [-0.25, -0.2) is 8.42 Å². The molecule has 0 saturated carbocycles.